The molecule has 0 aliphatic carbocycles. The lowest BCUT2D eigenvalue weighted by molar-refractivity contribution is 0.0487. The topological polar surface area (TPSA) is 77.8 Å². The zero-order chi connectivity index (χ0) is 16.5. The van der Waals surface area contributed by atoms with Crippen molar-refractivity contribution < 1.29 is 24.2 Å². The molecule has 0 fully saturated rings. The zero-order valence-corrected chi connectivity index (χ0v) is 13.0. The van der Waals surface area contributed by atoms with Crippen LogP contribution in [-0.2, 0) is 16.1 Å². The Morgan fingerprint density at radius 3 is 2.41 bits per heavy atom. The first-order valence-electron chi connectivity index (χ1n) is 6.85. The fourth-order valence-electron chi connectivity index (χ4n) is 2.28. The molecular weight excluding hydrogens is 286 g/mol. The zero-order valence-electron chi connectivity index (χ0n) is 13.0. The number of para-hydroxylation sites is 1. The molecule has 0 aliphatic rings. The maximum atomic E-state index is 12.5. The maximum absolute atomic E-state index is 12.5. The van der Waals surface area contributed by atoms with Crippen LogP contribution in [0.25, 0.3) is 10.9 Å². The molecule has 1 N–H and O–H groups in total. The molecule has 1 heterocycles. The second-order valence-corrected chi connectivity index (χ2v) is 5.81. The molecule has 2 rings (SSSR count). The molecule has 6 heteroatoms. The number of benzene rings is 1. The molecule has 0 saturated heterocycles. The summed E-state index contributed by atoms with van der Waals surface area (Å²) in [4.78, 5) is 24.6. The summed E-state index contributed by atoms with van der Waals surface area (Å²) < 4.78 is 11.3. The van der Waals surface area contributed by atoms with E-state index >= 15 is 0 Å². The Bertz CT molecular complexity index is 724. The summed E-state index contributed by atoms with van der Waals surface area (Å²) in [6.07, 6.45) is -0.691. The van der Waals surface area contributed by atoms with Gasteiger partial charge in [0.05, 0.1) is 19.2 Å². The van der Waals surface area contributed by atoms with E-state index in [4.69, 9.17) is 9.47 Å². The third-order valence-corrected chi connectivity index (χ3v) is 3.09. The number of esters is 1. The van der Waals surface area contributed by atoms with E-state index in [0.29, 0.717) is 16.5 Å². The van der Waals surface area contributed by atoms with Crippen LogP contribution in [0.15, 0.2) is 24.3 Å². The number of aliphatic hydroxyl groups is 1. The lowest BCUT2D eigenvalue weighted by Gasteiger charge is -2.20. The van der Waals surface area contributed by atoms with Crippen LogP contribution >= 0.6 is 0 Å². The SMILES string of the molecule is COC(=O)c1c(CO)c2ccccc2n1C(=O)OC(C)(C)C. The van der Waals surface area contributed by atoms with E-state index < -0.39 is 17.7 Å². The Morgan fingerprint density at radius 1 is 1.23 bits per heavy atom. The first-order chi connectivity index (χ1) is 10.3. The largest absolute Gasteiger partial charge is 0.464 e. The predicted molar refractivity (Wildman–Crippen MR) is 80.8 cm³/mol. The number of methoxy groups -OCH3 is 1. The standard InChI is InChI=1S/C16H19NO5/c1-16(2,3)22-15(20)17-12-8-6-5-7-10(12)11(9-18)13(17)14(19)21-4/h5-8,18H,9H2,1-4H3. The molecule has 0 spiro atoms. The Hall–Kier alpha value is -2.34. The van der Waals surface area contributed by atoms with E-state index in [2.05, 4.69) is 0 Å². The minimum absolute atomic E-state index is 0.0135. The number of carbonyl (C=O) groups excluding carboxylic acids is 2. The summed E-state index contributed by atoms with van der Waals surface area (Å²) in [5.74, 6) is -0.703. The molecule has 0 unspecified atom stereocenters. The van der Waals surface area contributed by atoms with Gasteiger partial charge in [-0.3, -0.25) is 0 Å². The first kappa shape index (κ1) is 16.0. The van der Waals surface area contributed by atoms with Crippen LogP contribution in [0.1, 0.15) is 36.8 Å². The number of ether oxygens (including phenoxy) is 2. The fourth-order valence-corrected chi connectivity index (χ4v) is 2.28. The Balaban J connectivity index is 2.75. The summed E-state index contributed by atoms with van der Waals surface area (Å²) in [6.45, 7) is 4.82. The van der Waals surface area contributed by atoms with Gasteiger partial charge in [-0.1, -0.05) is 18.2 Å². The molecule has 0 saturated carbocycles. The van der Waals surface area contributed by atoms with Crippen LogP contribution in [0.4, 0.5) is 4.79 Å². The minimum Gasteiger partial charge on any atom is -0.464 e. The third-order valence-electron chi connectivity index (χ3n) is 3.09. The molecular formula is C16H19NO5. The van der Waals surface area contributed by atoms with E-state index in [-0.39, 0.29) is 12.3 Å². The summed E-state index contributed by atoms with van der Waals surface area (Å²) in [5.41, 5.74) is 0.102. The molecule has 0 atom stereocenters. The van der Waals surface area contributed by atoms with E-state index in [1.54, 1.807) is 45.0 Å². The average molecular weight is 305 g/mol. The average Bonchev–Trinajstić information content (AvgIpc) is 2.78. The molecule has 1 aromatic heterocycles. The van der Waals surface area contributed by atoms with Crippen LogP contribution in [0.5, 0.6) is 0 Å². The Morgan fingerprint density at radius 2 is 1.86 bits per heavy atom. The molecule has 0 bridgehead atoms. The van der Waals surface area contributed by atoms with Gasteiger partial charge in [-0.25, -0.2) is 14.2 Å². The summed E-state index contributed by atoms with van der Waals surface area (Å²) in [6, 6.07) is 6.92. The monoisotopic (exact) mass is 305 g/mol. The summed E-state index contributed by atoms with van der Waals surface area (Å²) in [5, 5.41) is 10.2. The predicted octanol–water partition coefficient (Wildman–Crippen LogP) is 2.70. The van der Waals surface area contributed by atoms with Crippen molar-refractivity contribution in [3.63, 3.8) is 0 Å². The van der Waals surface area contributed by atoms with Gasteiger partial charge in [0.25, 0.3) is 0 Å². The number of fused-ring (bicyclic) bond motifs is 1. The molecule has 22 heavy (non-hydrogen) atoms. The van der Waals surface area contributed by atoms with Crippen molar-refractivity contribution in [2.24, 2.45) is 0 Å². The van der Waals surface area contributed by atoms with Crippen LogP contribution in [0.2, 0.25) is 0 Å². The lowest BCUT2D eigenvalue weighted by Crippen LogP contribution is -2.29. The van der Waals surface area contributed by atoms with Gasteiger partial charge in [0.2, 0.25) is 0 Å². The third kappa shape index (κ3) is 2.82. The fraction of sp³-hybridized carbons (Fsp3) is 0.375. The highest BCUT2D eigenvalue weighted by molar-refractivity contribution is 6.04. The van der Waals surface area contributed by atoms with Crippen molar-refractivity contribution >= 4 is 23.0 Å². The molecule has 0 aliphatic heterocycles. The summed E-state index contributed by atoms with van der Waals surface area (Å²) in [7, 11) is 1.22. The van der Waals surface area contributed by atoms with Crippen LogP contribution < -0.4 is 0 Å². The normalized spacial score (nSPS) is 11.5. The van der Waals surface area contributed by atoms with E-state index in [9.17, 15) is 14.7 Å². The van der Waals surface area contributed by atoms with Crippen molar-refractivity contribution in [2.75, 3.05) is 7.11 Å². The van der Waals surface area contributed by atoms with Crippen LogP contribution in [0.3, 0.4) is 0 Å². The highest BCUT2D eigenvalue weighted by Gasteiger charge is 2.29. The lowest BCUT2D eigenvalue weighted by atomic mass is 10.1. The van der Waals surface area contributed by atoms with Crippen molar-refractivity contribution in [1.29, 1.82) is 0 Å². The van der Waals surface area contributed by atoms with Gasteiger partial charge in [-0.05, 0) is 26.8 Å². The number of aliphatic hydroxyl groups excluding tert-OH is 1. The Kier molecular flexibility index (Phi) is 4.23. The first-order valence-corrected chi connectivity index (χ1v) is 6.85. The molecule has 6 nitrogen and oxygen atoms in total. The van der Waals surface area contributed by atoms with Gasteiger partial charge in [0, 0.05) is 10.9 Å². The molecule has 2 aromatic rings. The second-order valence-electron chi connectivity index (χ2n) is 5.81. The number of carbonyl (C=O) groups is 2. The molecule has 0 amide bonds. The van der Waals surface area contributed by atoms with Crippen molar-refractivity contribution in [3.05, 3.63) is 35.5 Å². The molecule has 1 aromatic carbocycles. The number of aromatic nitrogens is 1. The molecule has 0 radical (unpaired) electrons. The number of hydrogen-bond donors (Lipinski definition) is 1. The van der Waals surface area contributed by atoms with Gasteiger partial charge in [-0.2, -0.15) is 0 Å². The Labute approximate surface area is 128 Å². The van der Waals surface area contributed by atoms with Crippen molar-refractivity contribution in [3.8, 4) is 0 Å². The highest BCUT2D eigenvalue weighted by Crippen LogP contribution is 2.28. The maximum Gasteiger partial charge on any atom is 0.419 e. The number of nitrogens with zero attached hydrogens (tertiary/aromatic N) is 1. The van der Waals surface area contributed by atoms with Crippen molar-refractivity contribution in [2.45, 2.75) is 33.0 Å². The minimum atomic E-state index is -0.713. The van der Waals surface area contributed by atoms with Gasteiger partial charge >= 0.3 is 12.1 Å². The highest BCUT2D eigenvalue weighted by atomic mass is 16.6. The second kappa shape index (κ2) is 5.81. The summed E-state index contributed by atoms with van der Waals surface area (Å²) >= 11 is 0. The van der Waals surface area contributed by atoms with E-state index in [1.807, 2.05) is 0 Å². The van der Waals surface area contributed by atoms with Gasteiger partial charge < -0.3 is 14.6 Å². The molecule has 118 valence electrons. The van der Waals surface area contributed by atoms with Gasteiger partial charge in [0.1, 0.15) is 11.3 Å². The van der Waals surface area contributed by atoms with E-state index in [0.717, 1.165) is 4.57 Å². The quantitative estimate of drug-likeness (QED) is 0.863. The van der Waals surface area contributed by atoms with Gasteiger partial charge in [-0.15, -0.1) is 0 Å². The van der Waals surface area contributed by atoms with Crippen LogP contribution in [-0.4, -0.2) is 34.4 Å². The van der Waals surface area contributed by atoms with Gasteiger partial charge in [0.15, 0.2) is 0 Å². The van der Waals surface area contributed by atoms with Crippen molar-refractivity contribution in [1.82, 2.24) is 4.57 Å². The smallest absolute Gasteiger partial charge is 0.419 e. The number of rotatable bonds is 2. The van der Waals surface area contributed by atoms with Crippen LogP contribution in [0, 0.1) is 0 Å². The van der Waals surface area contributed by atoms with E-state index in [1.165, 1.54) is 7.11 Å². The number of hydrogen-bond acceptors (Lipinski definition) is 5.